The molecule has 0 aliphatic carbocycles. The van der Waals surface area contributed by atoms with Gasteiger partial charge in [0, 0.05) is 35.2 Å². The van der Waals surface area contributed by atoms with Crippen LogP contribution in [0, 0.1) is 5.92 Å². The summed E-state index contributed by atoms with van der Waals surface area (Å²) >= 11 is 6.22. The van der Waals surface area contributed by atoms with Crippen molar-refractivity contribution in [2.45, 2.75) is 19.4 Å². The van der Waals surface area contributed by atoms with Crippen molar-refractivity contribution in [3.05, 3.63) is 101 Å². The average Bonchev–Trinajstić information content (AvgIpc) is 2.83. The van der Waals surface area contributed by atoms with Crippen LogP contribution >= 0.6 is 11.6 Å². The Bertz CT molecular complexity index is 1060. The van der Waals surface area contributed by atoms with E-state index in [1.807, 2.05) is 71.6 Å². The zero-order valence-corrected chi connectivity index (χ0v) is 17.9. The highest BCUT2D eigenvalue weighted by atomic mass is 35.5. The zero-order chi connectivity index (χ0) is 21.6. The van der Waals surface area contributed by atoms with Crippen LogP contribution in [0.4, 0.5) is 0 Å². The van der Waals surface area contributed by atoms with Gasteiger partial charge in [-0.25, -0.2) is 0 Å². The lowest BCUT2D eigenvalue weighted by Gasteiger charge is -2.31. The highest BCUT2D eigenvalue weighted by molar-refractivity contribution is 6.31. The predicted molar refractivity (Wildman–Crippen MR) is 122 cm³/mol. The Morgan fingerprint density at radius 3 is 2.26 bits per heavy atom. The van der Waals surface area contributed by atoms with Gasteiger partial charge in [0.1, 0.15) is 12.4 Å². The number of ketones is 1. The number of likely N-dealkylation sites (tertiary alicyclic amines) is 1. The minimum Gasteiger partial charge on any atom is -0.488 e. The third-order valence-electron chi connectivity index (χ3n) is 5.67. The minimum absolute atomic E-state index is 0.0434. The Labute approximate surface area is 187 Å². The molecule has 0 spiro atoms. The van der Waals surface area contributed by atoms with E-state index in [0.717, 1.165) is 11.1 Å². The molecule has 3 aromatic carbocycles. The second kappa shape index (κ2) is 9.80. The van der Waals surface area contributed by atoms with E-state index in [1.54, 1.807) is 12.1 Å². The number of ether oxygens (including phenoxy) is 1. The van der Waals surface area contributed by atoms with Crippen molar-refractivity contribution in [3.8, 4) is 5.75 Å². The molecule has 3 aromatic rings. The zero-order valence-electron chi connectivity index (χ0n) is 17.2. The molecule has 1 aliphatic heterocycles. The molecule has 1 aliphatic rings. The minimum atomic E-state index is -0.0691. The number of carbonyl (C=O) groups is 2. The van der Waals surface area contributed by atoms with E-state index in [2.05, 4.69) is 0 Å². The van der Waals surface area contributed by atoms with Gasteiger partial charge in [-0.05, 0) is 31.0 Å². The highest BCUT2D eigenvalue weighted by Gasteiger charge is 2.29. The molecule has 4 nitrogen and oxygen atoms in total. The number of rotatable bonds is 6. The Hall–Kier alpha value is -3.11. The van der Waals surface area contributed by atoms with Gasteiger partial charge in [-0.15, -0.1) is 0 Å². The SMILES string of the molecule is O=C(c1ccccc1)C1CCN(C(=O)c2ccccc2OCc2ccccc2Cl)CC1. The van der Waals surface area contributed by atoms with Gasteiger partial charge in [0.15, 0.2) is 5.78 Å². The second-order valence-corrected chi connectivity index (χ2v) is 8.08. The van der Waals surface area contributed by atoms with Crippen molar-refractivity contribution < 1.29 is 14.3 Å². The number of amides is 1. The van der Waals surface area contributed by atoms with Gasteiger partial charge in [0.05, 0.1) is 5.56 Å². The van der Waals surface area contributed by atoms with Crippen LogP contribution in [-0.2, 0) is 6.61 Å². The summed E-state index contributed by atoms with van der Waals surface area (Å²) in [6.07, 6.45) is 1.34. The Balaban J connectivity index is 1.40. The molecule has 1 amide bonds. The number of halogens is 1. The molecule has 31 heavy (non-hydrogen) atoms. The molecule has 4 rings (SSSR count). The van der Waals surface area contributed by atoms with Gasteiger partial charge in [-0.2, -0.15) is 0 Å². The van der Waals surface area contributed by atoms with Crippen LogP contribution in [0.25, 0.3) is 0 Å². The number of hydrogen-bond donors (Lipinski definition) is 0. The number of benzene rings is 3. The maximum absolute atomic E-state index is 13.2. The number of hydrogen-bond acceptors (Lipinski definition) is 3. The van der Waals surface area contributed by atoms with Crippen LogP contribution in [-0.4, -0.2) is 29.7 Å². The van der Waals surface area contributed by atoms with Crippen LogP contribution in [0.1, 0.15) is 39.1 Å². The molecular weight excluding hydrogens is 410 g/mol. The maximum atomic E-state index is 13.2. The van der Waals surface area contributed by atoms with Crippen LogP contribution in [0.2, 0.25) is 5.02 Å². The molecule has 1 heterocycles. The number of piperidine rings is 1. The topological polar surface area (TPSA) is 46.6 Å². The largest absolute Gasteiger partial charge is 0.488 e. The van der Waals surface area contributed by atoms with Gasteiger partial charge < -0.3 is 9.64 Å². The van der Waals surface area contributed by atoms with E-state index in [9.17, 15) is 9.59 Å². The molecule has 158 valence electrons. The summed E-state index contributed by atoms with van der Waals surface area (Å²) in [6.45, 7) is 1.40. The van der Waals surface area contributed by atoms with E-state index in [0.29, 0.717) is 42.3 Å². The highest BCUT2D eigenvalue weighted by Crippen LogP contribution is 2.27. The fourth-order valence-electron chi connectivity index (χ4n) is 3.89. The molecule has 1 fully saturated rings. The van der Waals surface area contributed by atoms with Crippen LogP contribution in [0.3, 0.4) is 0 Å². The van der Waals surface area contributed by atoms with E-state index in [4.69, 9.17) is 16.3 Å². The second-order valence-electron chi connectivity index (χ2n) is 7.67. The first-order chi connectivity index (χ1) is 15.1. The molecule has 0 unspecified atom stereocenters. The smallest absolute Gasteiger partial charge is 0.257 e. The number of nitrogens with zero attached hydrogens (tertiary/aromatic N) is 1. The lowest BCUT2D eigenvalue weighted by atomic mass is 9.88. The van der Waals surface area contributed by atoms with Crippen molar-refractivity contribution >= 4 is 23.3 Å². The molecule has 0 bridgehead atoms. The first-order valence-electron chi connectivity index (χ1n) is 10.5. The van der Waals surface area contributed by atoms with Gasteiger partial charge >= 0.3 is 0 Å². The lowest BCUT2D eigenvalue weighted by Crippen LogP contribution is -2.40. The molecular formula is C26H24ClNO3. The van der Waals surface area contributed by atoms with Gasteiger partial charge in [-0.3, -0.25) is 9.59 Å². The first-order valence-corrected chi connectivity index (χ1v) is 10.8. The van der Waals surface area contributed by atoms with Crippen LogP contribution in [0.5, 0.6) is 5.75 Å². The molecule has 0 saturated carbocycles. The van der Waals surface area contributed by atoms with Crippen LogP contribution < -0.4 is 4.74 Å². The van der Waals surface area contributed by atoms with Crippen molar-refractivity contribution in [2.75, 3.05) is 13.1 Å². The number of carbonyl (C=O) groups excluding carboxylic acids is 2. The lowest BCUT2D eigenvalue weighted by molar-refractivity contribution is 0.0646. The summed E-state index contributed by atoms with van der Waals surface area (Å²) in [5, 5.41) is 0.636. The maximum Gasteiger partial charge on any atom is 0.257 e. The number of Topliss-reactive ketones (excluding diaryl/α,β-unsaturated/α-hetero) is 1. The summed E-state index contributed by atoms with van der Waals surface area (Å²) in [4.78, 5) is 27.7. The molecule has 0 N–H and O–H groups in total. The van der Waals surface area contributed by atoms with Gasteiger partial charge in [0.25, 0.3) is 5.91 Å². The third kappa shape index (κ3) is 4.97. The van der Waals surface area contributed by atoms with Gasteiger partial charge in [-0.1, -0.05) is 72.3 Å². The Morgan fingerprint density at radius 2 is 1.52 bits per heavy atom. The van der Waals surface area contributed by atoms with Crippen molar-refractivity contribution in [3.63, 3.8) is 0 Å². The first kappa shape index (κ1) is 21.1. The third-order valence-corrected chi connectivity index (χ3v) is 6.04. The monoisotopic (exact) mass is 433 g/mol. The van der Waals surface area contributed by atoms with E-state index in [-0.39, 0.29) is 24.2 Å². The molecule has 0 atom stereocenters. The number of para-hydroxylation sites is 1. The van der Waals surface area contributed by atoms with Crippen molar-refractivity contribution in [1.82, 2.24) is 4.90 Å². The summed E-state index contributed by atoms with van der Waals surface area (Å²) in [7, 11) is 0. The summed E-state index contributed by atoms with van der Waals surface area (Å²) in [6, 6.07) is 24.1. The molecule has 0 radical (unpaired) electrons. The predicted octanol–water partition coefficient (Wildman–Crippen LogP) is 5.65. The fraction of sp³-hybridized carbons (Fsp3) is 0.231. The average molecular weight is 434 g/mol. The van der Waals surface area contributed by atoms with E-state index < -0.39 is 0 Å². The summed E-state index contributed by atoms with van der Waals surface area (Å²) < 4.78 is 5.95. The van der Waals surface area contributed by atoms with E-state index in [1.165, 1.54) is 0 Å². The summed E-state index contributed by atoms with van der Waals surface area (Å²) in [5.74, 6) is 0.588. The van der Waals surface area contributed by atoms with Crippen molar-refractivity contribution in [1.29, 1.82) is 0 Å². The molecule has 0 aromatic heterocycles. The standard InChI is InChI=1S/C26H24ClNO3/c27-23-12-6-4-10-21(23)18-31-24-13-7-5-11-22(24)26(30)28-16-14-20(15-17-28)25(29)19-8-2-1-3-9-19/h1-13,20H,14-18H2. The summed E-state index contributed by atoms with van der Waals surface area (Å²) in [5.41, 5.74) is 2.14. The van der Waals surface area contributed by atoms with Crippen molar-refractivity contribution in [2.24, 2.45) is 5.92 Å². The Kier molecular flexibility index (Phi) is 6.68. The quantitative estimate of drug-likeness (QED) is 0.471. The van der Waals surface area contributed by atoms with E-state index >= 15 is 0 Å². The van der Waals surface area contributed by atoms with Gasteiger partial charge in [0.2, 0.25) is 0 Å². The molecule has 5 heteroatoms. The normalized spacial score (nSPS) is 14.3. The van der Waals surface area contributed by atoms with Crippen LogP contribution in [0.15, 0.2) is 78.9 Å². The Morgan fingerprint density at radius 1 is 0.871 bits per heavy atom. The molecule has 1 saturated heterocycles. The fourth-order valence-corrected chi connectivity index (χ4v) is 4.08.